The Kier molecular flexibility index (Phi) is 4.57. The van der Waals surface area contributed by atoms with Gasteiger partial charge in [-0.2, -0.15) is 18.3 Å². The molecular formula is C19H21F3N4O. The summed E-state index contributed by atoms with van der Waals surface area (Å²) in [4.78, 5) is 14.6. The standard InChI is InChI=1S/C19H21F3N4O/c20-19(21,22)12-25-10-14(9-23-25)24-18(27)26-11-16(13-5-2-1-3-6-13)15-7-4-8-17(15)26/h1-3,5-6,9-10,15-17H,4,7-8,11-12H2,(H,24,27). The Morgan fingerprint density at radius 2 is 2.00 bits per heavy atom. The van der Waals surface area contributed by atoms with E-state index in [0.29, 0.717) is 18.4 Å². The summed E-state index contributed by atoms with van der Waals surface area (Å²) in [5, 5.41) is 6.38. The second-order valence-corrected chi connectivity index (χ2v) is 7.30. The van der Waals surface area contributed by atoms with Crippen molar-refractivity contribution in [3.63, 3.8) is 0 Å². The predicted octanol–water partition coefficient (Wildman–Crippen LogP) is 4.25. The van der Waals surface area contributed by atoms with Gasteiger partial charge in [-0.3, -0.25) is 4.68 Å². The Morgan fingerprint density at radius 1 is 1.22 bits per heavy atom. The van der Waals surface area contributed by atoms with Crippen LogP contribution in [0.2, 0.25) is 0 Å². The van der Waals surface area contributed by atoms with E-state index in [1.807, 2.05) is 23.1 Å². The molecule has 2 fully saturated rings. The van der Waals surface area contributed by atoms with Crippen LogP contribution in [0.15, 0.2) is 42.7 Å². The molecule has 1 saturated heterocycles. The third-order valence-corrected chi connectivity index (χ3v) is 5.56. The van der Waals surface area contributed by atoms with Crippen LogP contribution >= 0.6 is 0 Å². The van der Waals surface area contributed by atoms with Crippen LogP contribution in [0.3, 0.4) is 0 Å². The zero-order chi connectivity index (χ0) is 19.0. The van der Waals surface area contributed by atoms with Gasteiger partial charge in [-0.1, -0.05) is 36.8 Å². The number of likely N-dealkylation sites (tertiary alicyclic amines) is 1. The molecule has 5 nitrogen and oxygen atoms in total. The minimum atomic E-state index is -4.35. The molecule has 1 N–H and O–H groups in total. The fourth-order valence-corrected chi connectivity index (χ4v) is 4.49. The maximum absolute atomic E-state index is 12.8. The summed E-state index contributed by atoms with van der Waals surface area (Å²) >= 11 is 0. The highest BCUT2D eigenvalue weighted by atomic mass is 19.4. The first-order valence-corrected chi connectivity index (χ1v) is 9.12. The number of nitrogens with one attached hydrogen (secondary N) is 1. The summed E-state index contributed by atoms with van der Waals surface area (Å²) in [6.07, 6.45) is 1.27. The van der Waals surface area contributed by atoms with Gasteiger partial charge in [0.2, 0.25) is 0 Å². The van der Waals surface area contributed by atoms with Crippen LogP contribution in [0.1, 0.15) is 30.7 Å². The highest BCUT2D eigenvalue weighted by Crippen LogP contribution is 2.46. The highest BCUT2D eigenvalue weighted by molar-refractivity contribution is 5.89. The van der Waals surface area contributed by atoms with Crippen LogP contribution in [0.25, 0.3) is 0 Å². The molecule has 8 heteroatoms. The topological polar surface area (TPSA) is 50.2 Å². The van der Waals surface area contributed by atoms with Gasteiger partial charge in [-0.25, -0.2) is 4.79 Å². The molecule has 2 aromatic rings. The van der Waals surface area contributed by atoms with Crippen molar-refractivity contribution in [3.8, 4) is 0 Å². The van der Waals surface area contributed by atoms with Crippen LogP contribution in [0.5, 0.6) is 0 Å². The first kappa shape index (κ1) is 17.9. The molecule has 0 bridgehead atoms. The number of halogens is 3. The molecule has 1 aliphatic carbocycles. The van der Waals surface area contributed by atoms with Crippen molar-refractivity contribution in [3.05, 3.63) is 48.3 Å². The number of carbonyl (C=O) groups is 1. The first-order chi connectivity index (χ1) is 12.9. The second-order valence-electron chi connectivity index (χ2n) is 7.30. The van der Waals surface area contributed by atoms with Crippen molar-refractivity contribution in [2.24, 2.45) is 5.92 Å². The number of urea groups is 1. The fraction of sp³-hybridized carbons (Fsp3) is 0.474. The lowest BCUT2D eigenvalue weighted by Crippen LogP contribution is -2.39. The highest BCUT2D eigenvalue weighted by Gasteiger charge is 2.46. The molecule has 3 unspecified atom stereocenters. The molecule has 2 amide bonds. The molecular weight excluding hydrogens is 357 g/mol. The van der Waals surface area contributed by atoms with Crippen molar-refractivity contribution < 1.29 is 18.0 Å². The molecule has 0 radical (unpaired) electrons. The summed E-state index contributed by atoms with van der Waals surface area (Å²) in [6, 6.07) is 10.1. The van der Waals surface area contributed by atoms with Gasteiger partial charge in [0.15, 0.2) is 0 Å². The van der Waals surface area contributed by atoms with E-state index in [-0.39, 0.29) is 17.8 Å². The Hall–Kier alpha value is -2.51. The minimum absolute atomic E-state index is 0.181. The van der Waals surface area contributed by atoms with Crippen LogP contribution in [0, 0.1) is 5.92 Å². The number of carbonyl (C=O) groups excluding carboxylic acids is 1. The Bertz CT molecular complexity index is 805. The van der Waals surface area contributed by atoms with Crippen molar-refractivity contribution in [2.45, 2.75) is 43.9 Å². The van der Waals surface area contributed by atoms with E-state index >= 15 is 0 Å². The molecule has 4 rings (SSSR count). The summed E-state index contributed by atoms with van der Waals surface area (Å²) in [5.74, 6) is 0.739. The van der Waals surface area contributed by atoms with Crippen molar-refractivity contribution in [1.29, 1.82) is 0 Å². The normalized spacial score (nSPS) is 24.9. The van der Waals surface area contributed by atoms with E-state index in [1.54, 1.807) is 0 Å². The number of hydrogen-bond acceptors (Lipinski definition) is 2. The maximum atomic E-state index is 12.8. The van der Waals surface area contributed by atoms with Crippen LogP contribution in [0.4, 0.5) is 23.7 Å². The van der Waals surface area contributed by atoms with E-state index in [0.717, 1.165) is 23.9 Å². The predicted molar refractivity (Wildman–Crippen MR) is 94.3 cm³/mol. The molecule has 1 aromatic carbocycles. The number of alkyl halides is 3. The van der Waals surface area contributed by atoms with Gasteiger partial charge >= 0.3 is 12.2 Å². The molecule has 1 aromatic heterocycles. The number of fused-ring (bicyclic) bond motifs is 1. The fourth-order valence-electron chi connectivity index (χ4n) is 4.49. The molecule has 1 aliphatic heterocycles. The van der Waals surface area contributed by atoms with Gasteiger partial charge in [0.1, 0.15) is 6.54 Å². The molecule has 144 valence electrons. The Labute approximate surface area is 155 Å². The summed E-state index contributed by atoms with van der Waals surface area (Å²) in [6.45, 7) is -0.546. The number of benzene rings is 1. The molecule has 27 heavy (non-hydrogen) atoms. The van der Waals surface area contributed by atoms with Crippen LogP contribution < -0.4 is 5.32 Å². The number of aromatic nitrogens is 2. The number of anilines is 1. The van der Waals surface area contributed by atoms with E-state index in [4.69, 9.17) is 0 Å². The number of hydrogen-bond donors (Lipinski definition) is 1. The minimum Gasteiger partial charge on any atom is -0.321 e. The van der Waals surface area contributed by atoms with E-state index in [1.165, 1.54) is 18.0 Å². The van der Waals surface area contributed by atoms with Gasteiger partial charge in [0.25, 0.3) is 0 Å². The number of rotatable bonds is 3. The first-order valence-electron chi connectivity index (χ1n) is 9.12. The zero-order valence-corrected chi connectivity index (χ0v) is 14.7. The second kappa shape index (κ2) is 6.90. The summed E-state index contributed by atoms with van der Waals surface area (Å²) in [7, 11) is 0. The van der Waals surface area contributed by atoms with Gasteiger partial charge < -0.3 is 10.2 Å². The van der Waals surface area contributed by atoms with Crippen molar-refractivity contribution in [1.82, 2.24) is 14.7 Å². The van der Waals surface area contributed by atoms with E-state index in [2.05, 4.69) is 22.5 Å². The lowest BCUT2D eigenvalue weighted by molar-refractivity contribution is -0.142. The van der Waals surface area contributed by atoms with Gasteiger partial charge in [0.05, 0.1) is 11.9 Å². The molecule has 3 atom stereocenters. The van der Waals surface area contributed by atoms with Gasteiger partial charge in [-0.05, 0) is 24.3 Å². The van der Waals surface area contributed by atoms with Crippen molar-refractivity contribution in [2.75, 3.05) is 11.9 Å². The zero-order valence-electron chi connectivity index (χ0n) is 14.7. The summed E-state index contributed by atoms with van der Waals surface area (Å²) < 4.78 is 38.1. The maximum Gasteiger partial charge on any atom is 0.408 e. The molecule has 2 heterocycles. The van der Waals surface area contributed by atoms with Gasteiger partial charge in [0, 0.05) is 24.7 Å². The van der Waals surface area contributed by atoms with E-state index in [9.17, 15) is 18.0 Å². The molecule has 1 saturated carbocycles. The smallest absolute Gasteiger partial charge is 0.321 e. The third-order valence-electron chi connectivity index (χ3n) is 5.56. The Morgan fingerprint density at radius 3 is 2.74 bits per heavy atom. The average Bonchev–Trinajstić information content (AvgIpc) is 3.30. The van der Waals surface area contributed by atoms with E-state index < -0.39 is 12.7 Å². The van der Waals surface area contributed by atoms with Crippen LogP contribution in [-0.4, -0.2) is 39.5 Å². The van der Waals surface area contributed by atoms with Gasteiger partial charge in [-0.15, -0.1) is 0 Å². The third kappa shape index (κ3) is 3.79. The summed E-state index contributed by atoms with van der Waals surface area (Å²) in [5.41, 5.74) is 1.52. The average molecular weight is 378 g/mol. The Balaban J connectivity index is 1.46. The molecule has 2 aliphatic rings. The number of nitrogens with zero attached hydrogens (tertiary/aromatic N) is 3. The lowest BCUT2D eigenvalue weighted by atomic mass is 9.87. The number of amides is 2. The molecule has 0 spiro atoms. The van der Waals surface area contributed by atoms with Crippen LogP contribution in [-0.2, 0) is 6.54 Å². The quantitative estimate of drug-likeness (QED) is 0.868. The monoisotopic (exact) mass is 378 g/mol. The largest absolute Gasteiger partial charge is 0.408 e. The van der Waals surface area contributed by atoms with Crippen molar-refractivity contribution >= 4 is 11.7 Å². The SMILES string of the molecule is O=C(Nc1cnn(CC(F)(F)F)c1)N1CC(c2ccccc2)C2CCCC21. The lowest BCUT2D eigenvalue weighted by Gasteiger charge is -2.23.